The molecule has 0 amide bonds. The standard InChI is InChI=1S/C14H18O6/c1-4-20-11(17)5-8-9(15)6-10(16)12(14(8)19)13(18)7(2)3/h6-7,15-16,19H,4-5H2,1-3H3. The molecule has 1 aromatic rings. The highest BCUT2D eigenvalue weighted by Crippen LogP contribution is 2.39. The lowest BCUT2D eigenvalue weighted by Gasteiger charge is -2.14. The number of phenols is 3. The third-order valence-electron chi connectivity index (χ3n) is 2.76. The molecule has 0 aliphatic carbocycles. The van der Waals surface area contributed by atoms with E-state index in [0.717, 1.165) is 6.07 Å². The highest BCUT2D eigenvalue weighted by Gasteiger charge is 2.25. The van der Waals surface area contributed by atoms with Crippen molar-refractivity contribution in [2.45, 2.75) is 27.2 Å². The summed E-state index contributed by atoms with van der Waals surface area (Å²) in [4.78, 5) is 23.4. The van der Waals surface area contributed by atoms with Crippen LogP contribution in [0.4, 0.5) is 0 Å². The van der Waals surface area contributed by atoms with Gasteiger partial charge in [-0.2, -0.15) is 0 Å². The second-order valence-corrected chi connectivity index (χ2v) is 4.62. The second-order valence-electron chi connectivity index (χ2n) is 4.62. The van der Waals surface area contributed by atoms with Gasteiger partial charge in [-0.15, -0.1) is 0 Å². The van der Waals surface area contributed by atoms with Crippen molar-refractivity contribution in [3.63, 3.8) is 0 Å². The van der Waals surface area contributed by atoms with Crippen LogP contribution in [0.15, 0.2) is 6.07 Å². The van der Waals surface area contributed by atoms with E-state index < -0.39 is 34.9 Å². The minimum Gasteiger partial charge on any atom is -0.507 e. The molecule has 0 aliphatic rings. The molecule has 0 bridgehead atoms. The largest absolute Gasteiger partial charge is 0.507 e. The van der Waals surface area contributed by atoms with E-state index in [2.05, 4.69) is 0 Å². The Balaban J connectivity index is 3.29. The predicted octanol–water partition coefficient (Wildman–Crippen LogP) is 1.75. The van der Waals surface area contributed by atoms with Crippen LogP contribution in [0.2, 0.25) is 0 Å². The number of benzene rings is 1. The quantitative estimate of drug-likeness (QED) is 0.561. The van der Waals surface area contributed by atoms with Gasteiger partial charge >= 0.3 is 5.97 Å². The molecule has 0 saturated heterocycles. The molecule has 0 spiro atoms. The first-order valence-electron chi connectivity index (χ1n) is 6.26. The van der Waals surface area contributed by atoms with E-state index in [4.69, 9.17) is 4.74 Å². The number of hydrogen-bond acceptors (Lipinski definition) is 6. The number of Topliss-reactive ketones (excluding diaryl/α,β-unsaturated/α-hetero) is 1. The summed E-state index contributed by atoms with van der Waals surface area (Å²) in [7, 11) is 0. The second kappa shape index (κ2) is 6.27. The predicted molar refractivity (Wildman–Crippen MR) is 70.9 cm³/mol. The number of ketones is 1. The fourth-order valence-electron chi connectivity index (χ4n) is 1.74. The normalized spacial score (nSPS) is 10.6. The number of hydrogen-bond donors (Lipinski definition) is 3. The summed E-state index contributed by atoms with van der Waals surface area (Å²) in [6, 6.07) is 0.934. The Morgan fingerprint density at radius 1 is 1.20 bits per heavy atom. The van der Waals surface area contributed by atoms with Gasteiger partial charge in [-0.1, -0.05) is 13.8 Å². The zero-order chi connectivity index (χ0) is 15.4. The smallest absolute Gasteiger partial charge is 0.310 e. The topological polar surface area (TPSA) is 104 Å². The zero-order valence-corrected chi connectivity index (χ0v) is 11.6. The van der Waals surface area contributed by atoms with E-state index in [1.807, 2.05) is 0 Å². The maximum atomic E-state index is 11.9. The van der Waals surface area contributed by atoms with Gasteiger partial charge in [0.25, 0.3) is 0 Å². The van der Waals surface area contributed by atoms with E-state index in [1.165, 1.54) is 0 Å². The fraction of sp³-hybridized carbons (Fsp3) is 0.429. The van der Waals surface area contributed by atoms with Crippen molar-refractivity contribution < 1.29 is 29.6 Å². The van der Waals surface area contributed by atoms with Crippen molar-refractivity contribution in [2.24, 2.45) is 5.92 Å². The molecule has 3 N–H and O–H groups in total. The molecule has 0 fully saturated rings. The van der Waals surface area contributed by atoms with E-state index >= 15 is 0 Å². The SMILES string of the molecule is CCOC(=O)Cc1c(O)cc(O)c(C(=O)C(C)C)c1O. The molecule has 1 aromatic carbocycles. The summed E-state index contributed by atoms with van der Waals surface area (Å²) in [5.74, 6) is -3.16. The van der Waals surface area contributed by atoms with Crippen LogP contribution in [-0.4, -0.2) is 33.7 Å². The molecule has 0 aromatic heterocycles. The number of ether oxygens (including phenoxy) is 1. The summed E-state index contributed by atoms with van der Waals surface area (Å²) >= 11 is 0. The average Bonchev–Trinajstić information content (AvgIpc) is 2.34. The van der Waals surface area contributed by atoms with Crippen molar-refractivity contribution in [1.82, 2.24) is 0 Å². The molecular weight excluding hydrogens is 264 g/mol. The number of phenolic OH excluding ortho intramolecular Hbond substituents is 3. The van der Waals surface area contributed by atoms with Crippen LogP contribution in [0.25, 0.3) is 0 Å². The van der Waals surface area contributed by atoms with Gasteiger partial charge in [0.1, 0.15) is 22.8 Å². The molecular formula is C14H18O6. The fourth-order valence-corrected chi connectivity index (χ4v) is 1.74. The lowest BCUT2D eigenvalue weighted by atomic mass is 9.95. The number of carbonyl (C=O) groups excluding carboxylic acids is 2. The highest BCUT2D eigenvalue weighted by atomic mass is 16.5. The first-order chi connectivity index (χ1) is 9.29. The van der Waals surface area contributed by atoms with Crippen molar-refractivity contribution in [3.05, 3.63) is 17.2 Å². The number of aromatic hydroxyl groups is 3. The maximum absolute atomic E-state index is 11.9. The van der Waals surface area contributed by atoms with E-state index in [9.17, 15) is 24.9 Å². The van der Waals surface area contributed by atoms with Gasteiger partial charge in [-0.3, -0.25) is 9.59 Å². The highest BCUT2D eigenvalue weighted by molar-refractivity contribution is 6.03. The Morgan fingerprint density at radius 2 is 1.80 bits per heavy atom. The lowest BCUT2D eigenvalue weighted by molar-refractivity contribution is -0.142. The van der Waals surface area contributed by atoms with E-state index in [0.29, 0.717) is 0 Å². The van der Waals surface area contributed by atoms with Crippen LogP contribution in [0, 0.1) is 5.92 Å². The van der Waals surface area contributed by atoms with Crippen molar-refractivity contribution in [2.75, 3.05) is 6.61 Å². The molecule has 0 radical (unpaired) electrons. The molecule has 0 unspecified atom stereocenters. The minimum absolute atomic E-state index is 0.134. The Hall–Kier alpha value is -2.24. The molecule has 6 nitrogen and oxygen atoms in total. The van der Waals surface area contributed by atoms with Crippen LogP contribution < -0.4 is 0 Å². The average molecular weight is 282 g/mol. The van der Waals surface area contributed by atoms with Gasteiger partial charge < -0.3 is 20.1 Å². The molecule has 0 atom stereocenters. The summed E-state index contributed by atoms with van der Waals surface area (Å²) < 4.78 is 4.73. The molecule has 6 heteroatoms. The summed E-state index contributed by atoms with van der Waals surface area (Å²) in [5.41, 5.74) is -0.428. The maximum Gasteiger partial charge on any atom is 0.310 e. The minimum atomic E-state index is -0.647. The number of carbonyl (C=O) groups is 2. The monoisotopic (exact) mass is 282 g/mol. The molecule has 1 rings (SSSR count). The molecule has 0 aliphatic heterocycles. The van der Waals surface area contributed by atoms with E-state index in [1.54, 1.807) is 20.8 Å². The molecule has 0 heterocycles. The summed E-state index contributed by atoms with van der Waals surface area (Å²) in [6.45, 7) is 5.01. The Morgan fingerprint density at radius 3 is 2.30 bits per heavy atom. The molecule has 0 saturated carbocycles. The van der Waals surface area contributed by atoms with Crippen LogP contribution in [-0.2, 0) is 16.0 Å². The third-order valence-corrected chi connectivity index (χ3v) is 2.76. The van der Waals surface area contributed by atoms with Gasteiger partial charge in [0, 0.05) is 17.5 Å². The van der Waals surface area contributed by atoms with Crippen LogP contribution in [0.1, 0.15) is 36.7 Å². The van der Waals surface area contributed by atoms with Crippen molar-refractivity contribution >= 4 is 11.8 Å². The van der Waals surface area contributed by atoms with Crippen LogP contribution in [0.5, 0.6) is 17.2 Å². The van der Waals surface area contributed by atoms with Gasteiger partial charge in [0.2, 0.25) is 0 Å². The molecule has 110 valence electrons. The van der Waals surface area contributed by atoms with Gasteiger partial charge in [-0.05, 0) is 6.92 Å². The lowest BCUT2D eigenvalue weighted by Crippen LogP contribution is -2.12. The van der Waals surface area contributed by atoms with Crippen LogP contribution >= 0.6 is 0 Å². The number of rotatable bonds is 5. The van der Waals surface area contributed by atoms with E-state index in [-0.39, 0.29) is 24.2 Å². The Kier molecular flexibility index (Phi) is 4.96. The Labute approximate surface area is 116 Å². The summed E-state index contributed by atoms with van der Waals surface area (Å²) in [6.07, 6.45) is -0.385. The first kappa shape index (κ1) is 15.8. The van der Waals surface area contributed by atoms with Crippen molar-refractivity contribution in [1.29, 1.82) is 0 Å². The summed E-state index contributed by atoms with van der Waals surface area (Å²) in [5, 5.41) is 29.4. The van der Waals surface area contributed by atoms with Gasteiger partial charge in [0.15, 0.2) is 5.78 Å². The van der Waals surface area contributed by atoms with Crippen molar-refractivity contribution in [3.8, 4) is 17.2 Å². The number of esters is 1. The van der Waals surface area contributed by atoms with Gasteiger partial charge in [0.05, 0.1) is 13.0 Å². The zero-order valence-electron chi connectivity index (χ0n) is 11.6. The first-order valence-corrected chi connectivity index (χ1v) is 6.26. The van der Waals surface area contributed by atoms with Crippen LogP contribution in [0.3, 0.4) is 0 Å². The molecule has 20 heavy (non-hydrogen) atoms. The Bertz CT molecular complexity index is 533. The van der Waals surface area contributed by atoms with Gasteiger partial charge in [-0.25, -0.2) is 0 Å². The third kappa shape index (κ3) is 3.20.